The van der Waals surface area contributed by atoms with E-state index in [1.54, 1.807) is 23.6 Å². The van der Waals surface area contributed by atoms with Gasteiger partial charge in [-0.05, 0) is 55.9 Å². The maximum Gasteiger partial charge on any atom is 0.341 e. The Bertz CT molecular complexity index is 1290. The Hall–Kier alpha value is -3.10. The van der Waals surface area contributed by atoms with Crippen LogP contribution in [0.3, 0.4) is 0 Å². The van der Waals surface area contributed by atoms with E-state index in [1.165, 1.54) is 11.3 Å². The molecule has 0 spiro atoms. The number of para-hydroxylation sites is 1. The van der Waals surface area contributed by atoms with E-state index in [9.17, 15) is 14.4 Å². The van der Waals surface area contributed by atoms with Crippen molar-refractivity contribution >= 4 is 51.6 Å². The van der Waals surface area contributed by atoms with Gasteiger partial charge in [-0.2, -0.15) is 0 Å². The van der Waals surface area contributed by atoms with Gasteiger partial charge >= 0.3 is 5.97 Å². The van der Waals surface area contributed by atoms with Crippen molar-refractivity contribution in [1.29, 1.82) is 0 Å². The first kappa shape index (κ1) is 24.6. The highest BCUT2D eigenvalue weighted by Gasteiger charge is 2.32. The second-order valence-electron chi connectivity index (χ2n) is 8.85. The summed E-state index contributed by atoms with van der Waals surface area (Å²) in [6.07, 6.45) is 4.09. The van der Waals surface area contributed by atoms with Crippen molar-refractivity contribution in [2.45, 2.75) is 49.2 Å². The summed E-state index contributed by atoms with van der Waals surface area (Å²) in [6.45, 7) is 1.93. The highest BCUT2D eigenvalue weighted by atomic mass is 32.2. The molecule has 1 atom stereocenters. The molecule has 8 heteroatoms. The minimum Gasteiger partial charge on any atom is -0.462 e. The van der Waals surface area contributed by atoms with Crippen molar-refractivity contribution < 1.29 is 19.1 Å². The topological polar surface area (TPSA) is 75.7 Å². The van der Waals surface area contributed by atoms with Crippen LogP contribution >= 0.6 is 23.1 Å². The highest BCUT2D eigenvalue weighted by molar-refractivity contribution is 7.99. The maximum atomic E-state index is 13.4. The third-order valence-electron chi connectivity index (χ3n) is 6.46. The van der Waals surface area contributed by atoms with E-state index in [0.717, 1.165) is 52.3 Å². The molecule has 5 rings (SSSR count). The number of thiophene rings is 1. The largest absolute Gasteiger partial charge is 0.462 e. The number of anilines is 2. The molecular formula is C28H28N2O4S2. The van der Waals surface area contributed by atoms with Gasteiger partial charge in [-0.1, -0.05) is 42.5 Å². The van der Waals surface area contributed by atoms with Crippen LogP contribution in [0.15, 0.2) is 59.5 Å². The quantitative estimate of drug-likeness (QED) is 0.403. The molecule has 0 saturated carbocycles. The van der Waals surface area contributed by atoms with Crippen LogP contribution < -0.4 is 10.2 Å². The zero-order valence-electron chi connectivity index (χ0n) is 20.1. The zero-order valence-corrected chi connectivity index (χ0v) is 21.8. The molecule has 186 valence electrons. The van der Waals surface area contributed by atoms with Gasteiger partial charge in [0.15, 0.2) is 0 Å². The highest BCUT2D eigenvalue weighted by Crippen LogP contribution is 2.45. The lowest BCUT2D eigenvalue weighted by Gasteiger charge is -2.22. The van der Waals surface area contributed by atoms with Gasteiger partial charge in [0, 0.05) is 21.4 Å². The summed E-state index contributed by atoms with van der Waals surface area (Å²) in [7, 11) is 0. The van der Waals surface area contributed by atoms with Crippen molar-refractivity contribution in [3.63, 3.8) is 0 Å². The Morgan fingerprint density at radius 2 is 1.81 bits per heavy atom. The number of esters is 1. The summed E-state index contributed by atoms with van der Waals surface area (Å²) in [5.74, 6) is -0.830. The average Bonchev–Trinajstić information content (AvgIpc) is 3.18. The normalized spacial score (nSPS) is 17.1. The molecule has 2 amide bonds. The van der Waals surface area contributed by atoms with Gasteiger partial charge in [0.2, 0.25) is 11.8 Å². The van der Waals surface area contributed by atoms with Crippen LogP contribution in [0.2, 0.25) is 0 Å². The van der Waals surface area contributed by atoms with E-state index in [4.69, 9.17) is 4.74 Å². The molecule has 1 aliphatic carbocycles. The molecule has 1 N–H and O–H groups in total. The van der Waals surface area contributed by atoms with E-state index in [-0.39, 0.29) is 36.6 Å². The smallest absolute Gasteiger partial charge is 0.341 e. The molecule has 0 saturated heterocycles. The molecule has 36 heavy (non-hydrogen) atoms. The SMILES string of the molecule is CCOC(=O)c1c(NC(=O)CN2C(=O)CC(c3ccccc3)Sc3ccccc32)sc2c1CCCC2. The van der Waals surface area contributed by atoms with Gasteiger partial charge in [0.05, 0.1) is 17.9 Å². The Kier molecular flexibility index (Phi) is 7.43. The van der Waals surface area contributed by atoms with Crippen molar-refractivity contribution in [2.24, 2.45) is 0 Å². The lowest BCUT2D eigenvalue weighted by molar-refractivity contribution is -0.121. The molecule has 1 aromatic heterocycles. The van der Waals surface area contributed by atoms with Crippen LogP contribution in [0.1, 0.15) is 57.8 Å². The van der Waals surface area contributed by atoms with E-state index in [0.29, 0.717) is 10.6 Å². The molecule has 3 aromatic rings. The van der Waals surface area contributed by atoms with Gasteiger partial charge in [-0.15, -0.1) is 23.1 Å². The van der Waals surface area contributed by atoms with E-state index in [1.807, 2.05) is 54.6 Å². The number of amides is 2. The first-order valence-corrected chi connectivity index (χ1v) is 14.0. The summed E-state index contributed by atoms with van der Waals surface area (Å²) >= 11 is 3.10. The Labute approximate surface area is 219 Å². The molecule has 6 nitrogen and oxygen atoms in total. The van der Waals surface area contributed by atoms with Crippen LogP contribution in [0.4, 0.5) is 10.7 Å². The van der Waals surface area contributed by atoms with Crippen LogP contribution in [-0.4, -0.2) is 30.9 Å². The number of carbonyl (C=O) groups excluding carboxylic acids is 3. The van der Waals surface area contributed by atoms with Crippen LogP contribution in [-0.2, 0) is 27.2 Å². The Morgan fingerprint density at radius 1 is 1.06 bits per heavy atom. The Balaban J connectivity index is 1.40. The summed E-state index contributed by atoms with van der Waals surface area (Å²) in [5, 5.41) is 3.44. The fourth-order valence-corrected chi connectivity index (χ4v) is 7.36. The number of rotatable bonds is 6. The summed E-state index contributed by atoms with van der Waals surface area (Å²) in [5.41, 5.74) is 3.29. The van der Waals surface area contributed by atoms with Crippen molar-refractivity contribution in [3.8, 4) is 0 Å². The predicted molar refractivity (Wildman–Crippen MR) is 144 cm³/mol. The number of hydrogen-bond donors (Lipinski definition) is 1. The monoisotopic (exact) mass is 520 g/mol. The fraction of sp³-hybridized carbons (Fsp3) is 0.321. The lowest BCUT2D eigenvalue weighted by Crippen LogP contribution is -2.38. The van der Waals surface area contributed by atoms with Crippen molar-refractivity contribution in [1.82, 2.24) is 0 Å². The van der Waals surface area contributed by atoms with E-state index in [2.05, 4.69) is 5.32 Å². The predicted octanol–water partition coefficient (Wildman–Crippen LogP) is 6.01. The second-order valence-corrected chi connectivity index (χ2v) is 11.2. The molecule has 2 aromatic carbocycles. The third kappa shape index (κ3) is 5.06. The summed E-state index contributed by atoms with van der Waals surface area (Å²) in [4.78, 5) is 43.2. The lowest BCUT2D eigenvalue weighted by atomic mass is 9.95. The van der Waals surface area contributed by atoms with Gasteiger partial charge in [-0.3, -0.25) is 9.59 Å². The zero-order chi connectivity index (χ0) is 25.1. The molecule has 0 radical (unpaired) electrons. The van der Waals surface area contributed by atoms with Crippen molar-refractivity contribution in [2.75, 3.05) is 23.4 Å². The van der Waals surface area contributed by atoms with Gasteiger partial charge in [0.25, 0.3) is 0 Å². The van der Waals surface area contributed by atoms with Crippen LogP contribution in [0, 0.1) is 0 Å². The van der Waals surface area contributed by atoms with Gasteiger partial charge in [-0.25, -0.2) is 4.79 Å². The molecule has 1 unspecified atom stereocenters. The van der Waals surface area contributed by atoms with Crippen LogP contribution in [0.25, 0.3) is 0 Å². The molecule has 2 heterocycles. The van der Waals surface area contributed by atoms with Gasteiger partial charge < -0.3 is 15.0 Å². The van der Waals surface area contributed by atoms with Gasteiger partial charge in [0.1, 0.15) is 11.5 Å². The van der Waals surface area contributed by atoms with Crippen molar-refractivity contribution in [3.05, 3.63) is 76.2 Å². The number of nitrogens with zero attached hydrogens (tertiary/aromatic N) is 1. The fourth-order valence-electron chi connectivity index (χ4n) is 4.79. The minimum atomic E-state index is -0.398. The number of benzene rings is 2. The second kappa shape index (κ2) is 10.9. The minimum absolute atomic E-state index is 0.0349. The number of ether oxygens (including phenoxy) is 1. The number of fused-ring (bicyclic) bond motifs is 2. The first-order valence-electron chi connectivity index (χ1n) is 12.3. The third-order valence-corrected chi connectivity index (χ3v) is 8.99. The summed E-state index contributed by atoms with van der Waals surface area (Å²) in [6, 6.07) is 17.7. The molecular weight excluding hydrogens is 492 g/mol. The molecule has 0 fully saturated rings. The number of hydrogen-bond acceptors (Lipinski definition) is 6. The molecule has 2 aliphatic rings. The Morgan fingerprint density at radius 3 is 2.61 bits per heavy atom. The maximum absolute atomic E-state index is 13.4. The average molecular weight is 521 g/mol. The number of carbonyl (C=O) groups is 3. The standard InChI is InChI=1S/C28H28N2O4S2/c1-2-34-28(33)26-19-12-6-8-14-21(19)36-27(26)29-24(31)17-30-20-13-7-9-15-22(20)35-23(16-25(30)32)18-10-4-3-5-11-18/h3-5,7,9-11,13,15,23H,2,6,8,12,14,16-17H2,1H3,(H,29,31). The molecule has 1 aliphatic heterocycles. The molecule has 0 bridgehead atoms. The van der Waals surface area contributed by atoms with Crippen LogP contribution in [0.5, 0.6) is 0 Å². The summed E-state index contributed by atoms with van der Waals surface area (Å²) < 4.78 is 5.31. The first-order chi connectivity index (χ1) is 17.5. The number of nitrogens with one attached hydrogen (secondary N) is 1. The van der Waals surface area contributed by atoms with E-state index < -0.39 is 5.97 Å². The van der Waals surface area contributed by atoms with E-state index >= 15 is 0 Å². The number of thioether (sulfide) groups is 1. The number of aryl methyl sites for hydroxylation is 1.